The molecular weight excluding hydrogens is 376 g/mol. The van der Waals surface area contributed by atoms with Crippen LogP contribution in [0.4, 0.5) is 4.79 Å². The number of carbonyl (C=O) groups excluding carboxylic acids is 3. The predicted octanol–water partition coefficient (Wildman–Crippen LogP) is 1.49. The Morgan fingerprint density at radius 2 is 1.86 bits per heavy atom. The van der Waals surface area contributed by atoms with Crippen molar-refractivity contribution in [3.05, 3.63) is 40.3 Å². The lowest BCUT2D eigenvalue weighted by Crippen LogP contribution is -2.48. The Hall–Kier alpha value is -3.23. The number of nitrogens with one attached hydrogen (secondary N) is 2. The zero-order valence-corrected chi connectivity index (χ0v) is 16.4. The number of carbonyl (C=O) groups is 3. The summed E-state index contributed by atoms with van der Waals surface area (Å²) in [6.45, 7) is 1.43. The molecule has 3 amide bonds. The van der Waals surface area contributed by atoms with E-state index < -0.39 is 24.5 Å². The van der Waals surface area contributed by atoms with Crippen molar-refractivity contribution in [1.82, 2.24) is 20.4 Å². The van der Waals surface area contributed by atoms with Gasteiger partial charge >= 0.3 is 12.0 Å². The minimum atomic E-state index is -0.853. The summed E-state index contributed by atoms with van der Waals surface area (Å²) < 4.78 is 6.04. The number of aryl methyl sites for hydroxylation is 1. The van der Waals surface area contributed by atoms with Crippen LogP contribution >= 0.6 is 0 Å². The zero-order valence-electron chi connectivity index (χ0n) is 16.4. The first kappa shape index (κ1) is 20.5. The predicted molar refractivity (Wildman–Crippen MR) is 105 cm³/mol. The maximum atomic E-state index is 12.4. The largest absolute Gasteiger partial charge is 0.451 e. The number of amides is 3. The summed E-state index contributed by atoms with van der Waals surface area (Å²) in [5.41, 5.74) is -0.417. The van der Waals surface area contributed by atoms with E-state index in [1.807, 2.05) is 0 Å². The molecule has 1 heterocycles. The van der Waals surface area contributed by atoms with Crippen molar-refractivity contribution in [2.45, 2.75) is 38.6 Å². The zero-order chi connectivity index (χ0) is 21.0. The highest BCUT2D eigenvalue weighted by molar-refractivity contribution is 6.03. The van der Waals surface area contributed by atoms with Gasteiger partial charge in [0.1, 0.15) is 0 Å². The molecule has 0 spiro atoms. The fraction of sp³-hybridized carbons (Fsp3) is 0.450. The van der Waals surface area contributed by atoms with Gasteiger partial charge in [0, 0.05) is 18.5 Å². The van der Waals surface area contributed by atoms with Gasteiger partial charge in [0.25, 0.3) is 11.5 Å². The minimum Gasteiger partial charge on any atom is -0.451 e. The number of imide groups is 1. The van der Waals surface area contributed by atoms with Crippen molar-refractivity contribution >= 4 is 28.7 Å². The first-order valence-electron chi connectivity index (χ1n) is 9.60. The highest BCUT2D eigenvalue weighted by atomic mass is 16.5. The first-order chi connectivity index (χ1) is 13.9. The Balaban J connectivity index is 1.59. The van der Waals surface area contributed by atoms with Crippen molar-refractivity contribution in [3.8, 4) is 0 Å². The van der Waals surface area contributed by atoms with Gasteiger partial charge in [0.15, 0.2) is 12.3 Å². The highest BCUT2D eigenvalue weighted by Crippen LogP contribution is 2.23. The summed E-state index contributed by atoms with van der Waals surface area (Å²) in [5.74, 6) is -1.24. The van der Waals surface area contributed by atoms with Crippen molar-refractivity contribution in [2.24, 2.45) is 13.0 Å². The minimum absolute atomic E-state index is 0.0280. The third-order valence-corrected chi connectivity index (χ3v) is 5.17. The Bertz CT molecular complexity index is 1000. The van der Waals surface area contributed by atoms with Crippen molar-refractivity contribution in [1.29, 1.82) is 0 Å². The second kappa shape index (κ2) is 8.85. The second-order valence-electron chi connectivity index (χ2n) is 7.29. The lowest BCUT2D eigenvalue weighted by molar-refractivity contribution is -0.123. The van der Waals surface area contributed by atoms with Gasteiger partial charge in [-0.2, -0.15) is 5.10 Å². The van der Waals surface area contributed by atoms with Gasteiger partial charge in [-0.15, -0.1) is 0 Å². The van der Waals surface area contributed by atoms with Crippen LogP contribution in [-0.2, 0) is 16.6 Å². The maximum absolute atomic E-state index is 12.4. The summed E-state index contributed by atoms with van der Waals surface area (Å²) >= 11 is 0. The molecule has 1 aliphatic rings. The van der Waals surface area contributed by atoms with Crippen LogP contribution < -0.4 is 16.2 Å². The van der Waals surface area contributed by atoms with Crippen LogP contribution in [0.1, 0.15) is 43.1 Å². The number of aromatic nitrogens is 2. The molecule has 0 bridgehead atoms. The van der Waals surface area contributed by atoms with E-state index in [1.54, 1.807) is 24.3 Å². The lowest BCUT2D eigenvalue weighted by Gasteiger charge is -2.29. The summed E-state index contributed by atoms with van der Waals surface area (Å²) in [4.78, 5) is 48.5. The number of ether oxygens (including phenoxy) is 1. The molecule has 0 saturated heterocycles. The molecule has 29 heavy (non-hydrogen) atoms. The van der Waals surface area contributed by atoms with E-state index >= 15 is 0 Å². The lowest BCUT2D eigenvalue weighted by atomic mass is 9.86. The maximum Gasteiger partial charge on any atom is 0.359 e. The molecule has 0 radical (unpaired) electrons. The normalized spacial score (nSPS) is 18.8. The van der Waals surface area contributed by atoms with Crippen LogP contribution in [0.3, 0.4) is 0 Å². The smallest absolute Gasteiger partial charge is 0.359 e. The summed E-state index contributed by atoms with van der Waals surface area (Å²) in [5, 5.41) is 9.57. The molecule has 0 aliphatic heterocycles. The second-order valence-corrected chi connectivity index (χ2v) is 7.29. The molecule has 9 heteroatoms. The van der Waals surface area contributed by atoms with Gasteiger partial charge in [0.05, 0.1) is 5.39 Å². The third-order valence-electron chi connectivity index (χ3n) is 5.17. The Labute approximate surface area is 167 Å². The van der Waals surface area contributed by atoms with E-state index in [-0.39, 0.29) is 17.3 Å². The molecule has 0 unspecified atom stereocenters. The molecule has 1 aliphatic carbocycles. The van der Waals surface area contributed by atoms with Gasteiger partial charge < -0.3 is 10.1 Å². The molecule has 1 aromatic heterocycles. The molecule has 154 valence electrons. The van der Waals surface area contributed by atoms with E-state index in [0.717, 1.165) is 30.4 Å². The van der Waals surface area contributed by atoms with Crippen molar-refractivity contribution in [3.63, 3.8) is 0 Å². The highest BCUT2D eigenvalue weighted by Gasteiger charge is 2.24. The summed E-state index contributed by atoms with van der Waals surface area (Å²) in [6, 6.07) is 5.94. The van der Waals surface area contributed by atoms with Crippen LogP contribution in [-0.4, -0.2) is 40.3 Å². The Kier molecular flexibility index (Phi) is 6.26. The SMILES string of the molecule is C[C@@H]1CCCC[C@@H]1NC(=O)NC(=O)COC(=O)c1nn(C)c(=O)c2ccccc12. The number of esters is 1. The number of benzene rings is 1. The number of hydrogen-bond acceptors (Lipinski definition) is 6. The molecule has 3 rings (SSSR count). The van der Waals surface area contributed by atoms with E-state index in [0.29, 0.717) is 16.7 Å². The van der Waals surface area contributed by atoms with Crippen LogP contribution in [0, 0.1) is 5.92 Å². The Morgan fingerprint density at radius 1 is 1.17 bits per heavy atom. The van der Waals surface area contributed by atoms with Crippen molar-refractivity contribution in [2.75, 3.05) is 6.61 Å². The van der Waals surface area contributed by atoms with Crippen LogP contribution in [0.2, 0.25) is 0 Å². The van der Waals surface area contributed by atoms with E-state index in [4.69, 9.17) is 4.74 Å². The third kappa shape index (κ3) is 4.79. The topological polar surface area (TPSA) is 119 Å². The van der Waals surface area contributed by atoms with Crippen molar-refractivity contribution < 1.29 is 19.1 Å². The molecule has 1 aromatic carbocycles. The monoisotopic (exact) mass is 400 g/mol. The standard InChI is InChI=1S/C20H24N4O5/c1-12-7-3-6-10-15(12)21-20(28)22-16(25)11-29-19(27)17-13-8-4-5-9-14(13)18(26)24(2)23-17/h4-5,8-9,12,15H,3,6-7,10-11H2,1-2H3,(H2,21,22,25,28)/t12-,15+/m1/s1. The molecule has 9 nitrogen and oxygen atoms in total. The van der Waals surface area contributed by atoms with E-state index in [2.05, 4.69) is 22.7 Å². The molecule has 2 aromatic rings. The Morgan fingerprint density at radius 3 is 2.59 bits per heavy atom. The number of fused-ring (bicyclic) bond motifs is 1. The average molecular weight is 400 g/mol. The van der Waals surface area contributed by atoms with Crippen LogP contribution in [0.5, 0.6) is 0 Å². The van der Waals surface area contributed by atoms with Crippen LogP contribution in [0.15, 0.2) is 29.1 Å². The van der Waals surface area contributed by atoms with Gasteiger partial charge in [-0.1, -0.05) is 38.0 Å². The molecule has 2 atom stereocenters. The molecule has 1 fully saturated rings. The number of nitrogens with zero attached hydrogens (tertiary/aromatic N) is 2. The first-order valence-corrected chi connectivity index (χ1v) is 9.60. The van der Waals surface area contributed by atoms with Gasteiger partial charge in [-0.25, -0.2) is 14.3 Å². The average Bonchev–Trinajstić information content (AvgIpc) is 2.70. The molecular formula is C20H24N4O5. The molecule has 1 saturated carbocycles. The number of urea groups is 1. The van der Waals surface area contributed by atoms with Crippen LogP contribution in [0.25, 0.3) is 10.8 Å². The van der Waals surface area contributed by atoms with E-state index in [1.165, 1.54) is 7.05 Å². The summed E-state index contributed by atoms with van der Waals surface area (Å²) in [7, 11) is 1.43. The number of rotatable bonds is 4. The van der Waals surface area contributed by atoms with Gasteiger partial charge in [0.2, 0.25) is 0 Å². The summed E-state index contributed by atoms with van der Waals surface area (Å²) in [6.07, 6.45) is 4.10. The quantitative estimate of drug-likeness (QED) is 0.751. The number of hydrogen-bond donors (Lipinski definition) is 2. The molecule has 2 N–H and O–H groups in total. The fourth-order valence-electron chi connectivity index (χ4n) is 3.55. The van der Waals surface area contributed by atoms with E-state index in [9.17, 15) is 19.2 Å². The van der Waals surface area contributed by atoms with Gasteiger partial charge in [-0.3, -0.25) is 14.9 Å². The fourth-order valence-corrected chi connectivity index (χ4v) is 3.55. The van der Waals surface area contributed by atoms with Gasteiger partial charge in [-0.05, 0) is 24.8 Å².